The maximum Gasteiger partial charge on any atom is 0.338 e. The van der Waals surface area contributed by atoms with Gasteiger partial charge in [-0.05, 0) is 56.6 Å². The van der Waals surface area contributed by atoms with Crippen molar-refractivity contribution in [2.24, 2.45) is 0 Å². The second-order valence-corrected chi connectivity index (χ2v) is 21.3. The van der Waals surface area contributed by atoms with Crippen LogP contribution in [0.3, 0.4) is 0 Å². The standard InChI is InChI=1S/C79H66O14/c1-83-78(81)64-44-67(86-48-56-29-13-4-14-30-56)72(87-49-57-31-15-5-16-32-57)75(90-52-60-37-21-8-22-38-60)69(64)70-65(79(82)84-2)45-68(74(89-51-59-35-19-7-20-36-59)76(70)91-53-61-39-23-9-24-40-61)93-71-63(46-80)43-66(85-47-55-27-11-3-12-28-55)73(88-50-58-33-17-6-18-34-58)77(71)92-54-62-41-25-10-26-42-62/h3-46H,47-54H2,1-2H3. The Hall–Kier alpha value is -11.8. The molecule has 0 heterocycles. The summed E-state index contributed by atoms with van der Waals surface area (Å²) in [5.74, 6) is -1.90. The van der Waals surface area contributed by atoms with Crippen molar-refractivity contribution in [3.63, 3.8) is 0 Å². The van der Waals surface area contributed by atoms with Crippen molar-refractivity contribution < 1.29 is 66.5 Å². The third-order valence-electron chi connectivity index (χ3n) is 14.8. The number of esters is 2. The lowest BCUT2D eigenvalue weighted by Crippen LogP contribution is -2.14. The molecule has 0 amide bonds. The van der Waals surface area contributed by atoms with Crippen LogP contribution in [0.15, 0.2) is 261 Å². The molecule has 14 heteroatoms. The fourth-order valence-corrected chi connectivity index (χ4v) is 10.1. The molecule has 0 N–H and O–H groups in total. The average molecular weight is 1240 g/mol. The Balaban J connectivity index is 1.21. The highest BCUT2D eigenvalue weighted by Gasteiger charge is 2.37. The van der Waals surface area contributed by atoms with Crippen LogP contribution in [0.2, 0.25) is 0 Å². The SMILES string of the molecule is COC(=O)c1cc(OCc2ccccc2)c(OCc2ccccc2)c(OCc2ccccc2)c1-c1c(C(=O)OC)cc(Oc2c(C=O)cc(OCc3ccccc3)c(OCc3ccccc3)c2OCc2ccccc2)c(OCc2ccccc2)c1OCc1ccccc1. The van der Waals surface area contributed by atoms with Crippen molar-refractivity contribution in [1.82, 2.24) is 0 Å². The summed E-state index contributed by atoms with van der Waals surface area (Å²) >= 11 is 0. The van der Waals surface area contributed by atoms with Gasteiger partial charge in [-0.2, -0.15) is 0 Å². The summed E-state index contributed by atoms with van der Waals surface area (Å²) < 4.78 is 73.8. The third kappa shape index (κ3) is 16.2. The van der Waals surface area contributed by atoms with Crippen LogP contribution < -0.4 is 42.6 Å². The third-order valence-corrected chi connectivity index (χ3v) is 14.8. The van der Waals surface area contributed by atoms with E-state index in [-0.39, 0.29) is 138 Å². The van der Waals surface area contributed by atoms with Gasteiger partial charge in [0.25, 0.3) is 0 Å². The van der Waals surface area contributed by atoms with Gasteiger partial charge in [0.05, 0.1) is 30.9 Å². The smallest absolute Gasteiger partial charge is 0.338 e. The summed E-state index contributed by atoms with van der Waals surface area (Å²) in [4.78, 5) is 44.4. The van der Waals surface area contributed by atoms with Crippen LogP contribution in [-0.4, -0.2) is 32.4 Å². The predicted molar refractivity (Wildman–Crippen MR) is 353 cm³/mol. The first-order chi connectivity index (χ1) is 45.8. The molecule has 0 atom stereocenters. The number of carbonyl (C=O) groups excluding carboxylic acids is 3. The number of aldehydes is 1. The molecular weight excluding hydrogens is 1170 g/mol. The number of ether oxygens (including phenoxy) is 11. The van der Waals surface area contributed by atoms with Gasteiger partial charge in [-0.25, -0.2) is 9.59 Å². The van der Waals surface area contributed by atoms with Gasteiger partial charge in [0.15, 0.2) is 40.8 Å². The summed E-state index contributed by atoms with van der Waals surface area (Å²) in [5.41, 5.74) is 5.79. The minimum atomic E-state index is -0.914. The zero-order chi connectivity index (χ0) is 64.0. The fraction of sp³-hybridized carbons (Fsp3) is 0.127. The second kappa shape index (κ2) is 31.6. The van der Waals surface area contributed by atoms with Crippen LogP contribution in [0, 0.1) is 0 Å². The number of hydrogen-bond donors (Lipinski definition) is 0. The lowest BCUT2D eigenvalue weighted by molar-refractivity contribution is 0.0588. The Labute approximate surface area is 539 Å². The van der Waals surface area contributed by atoms with Crippen LogP contribution >= 0.6 is 0 Å². The average Bonchev–Trinajstić information content (AvgIpc) is 0.756. The topological polar surface area (TPSA) is 153 Å². The molecular formula is C79H66O14. The normalized spacial score (nSPS) is 10.7. The van der Waals surface area contributed by atoms with E-state index < -0.39 is 11.9 Å². The Bertz CT molecular complexity index is 4230. The lowest BCUT2D eigenvalue weighted by atomic mass is 9.91. The summed E-state index contributed by atoms with van der Waals surface area (Å²) in [6, 6.07) is 80.2. The Kier molecular flexibility index (Phi) is 21.4. The van der Waals surface area contributed by atoms with Crippen molar-refractivity contribution in [1.29, 1.82) is 0 Å². The highest BCUT2D eigenvalue weighted by atomic mass is 16.6. The van der Waals surface area contributed by atoms with Gasteiger partial charge in [0.1, 0.15) is 52.9 Å². The number of carbonyl (C=O) groups is 3. The maximum atomic E-state index is 15.3. The van der Waals surface area contributed by atoms with Gasteiger partial charge in [-0.3, -0.25) is 4.79 Å². The predicted octanol–water partition coefficient (Wildman–Crippen LogP) is 17.2. The van der Waals surface area contributed by atoms with Crippen molar-refractivity contribution in [2.75, 3.05) is 14.2 Å². The van der Waals surface area contributed by atoms with Crippen molar-refractivity contribution >= 4 is 18.2 Å². The minimum Gasteiger partial charge on any atom is -0.485 e. The van der Waals surface area contributed by atoms with Crippen LogP contribution in [0.5, 0.6) is 57.5 Å². The molecule has 0 spiro atoms. The largest absolute Gasteiger partial charge is 0.485 e. The monoisotopic (exact) mass is 1240 g/mol. The molecule has 0 bridgehead atoms. The van der Waals surface area contributed by atoms with Gasteiger partial charge >= 0.3 is 11.9 Å². The van der Waals surface area contributed by atoms with E-state index in [0.717, 1.165) is 38.9 Å². The van der Waals surface area contributed by atoms with Crippen LogP contribution in [0.4, 0.5) is 0 Å². The molecule has 14 nitrogen and oxygen atoms in total. The summed E-state index contributed by atoms with van der Waals surface area (Å²) in [7, 11) is 2.47. The van der Waals surface area contributed by atoms with Crippen molar-refractivity contribution in [2.45, 2.75) is 52.9 Å². The summed E-state index contributed by atoms with van der Waals surface area (Å²) in [6.45, 7) is -0.182. The first kappa shape index (κ1) is 62.8. The molecule has 0 saturated heterocycles. The Morgan fingerprint density at radius 1 is 0.280 bits per heavy atom. The number of rotatable bonds is 30. The Morgan fingerprint density at radius 2 is 0.516 bits per heavy atom. The van der Waals surface area contributed by atoms with E-state index in [4.69, 9.17) is 52.1 Å². The van der Waals surface area contributed by atoms with E-state index in [1.165, 1.54) is 32.4 Å². The Morgan fingerprint density at radius 3 is 0.806 bits per heavy atom. The molecule has 0 radical (unpaired) electrons. The van der Waals surface area contributed by atoms with E-state index in [1.54, 1.807) is 0 Å². The molecule has 0 saturated carbocycles. The van der Waals surface area contributed by atoms with Gasteiger partial charge in [-0.15, -0.1) is 0 Å². The molecule has 0 aromatic heterocycles. The van der Waals surface area contributed by atoms with E-state index >= 15 is 9.59 Å². The highest BCUT2D eigenvalue weighted by Crippen LogP contribution is 2.58. The zero-order valence-electron chi connectivity index (χ0n) is 51.3. The van der Waals surface area contributed by atoms with Crippen LogP contribution in [0.25, 0.3) is 11.1 Å². The molecule has 93 heavy (non-hydrogen) atoms. The number of benzene rings is 11. The molecule has 0 unspecified atom stereocenters. The van der Waals surface area contributed by atoms with E-state index in [0.29, 0.717) is 11.8 Å². The maximum absolute atomic E-state index is 15.3. The van der Waals surface area contributed by atoms with Gasteiger partial charge in [0, 0.05) is 17.2 Å². The molecule has 11 aromatic rings. The van der Waals surface area contributed by atoms with Gasteiger partial charge in [-0.1, -0.05) is 243 Å². The molecule has 0 fully saturated rings. The molecule has 11 rings (SSSR count). The van der Waals surface area contributed by atoms with Crippen LogP contribution in [-0.2, 0) is 62.3 Å². The first-order valence-corrected chi connectivity index (χ1v) is 30.1. The zero-order valence-corrected chi connectivity index (χ0v) is 51.3. The van der Waals surface area contributed by atoms with Gasteiger partial charge in [0.2, 0.25) is 23.0 Å². The molecule has 0 aliphatic rings. The second-order valence-electron chi connectivity index (χ2n) is 21.3. The highest BCUT2D eigenvalue weighted by molar-refractivity contribution is 6.08. The van der Waals surface area contributed by atoms with Crippen molar-refractivity contribution in [3.05, 3.63) is 322 Å². The molecule has 466 valence electrons. The molecule has 0 aliphatic carbocycles. The quantitative estimate of drug-likeness (QED) is 0.0310. The van der Waals surface area contributed by atoms with E-state index in [1.807, 2.05) is 243 Å². The number of methoxy groups -OCH3 is 2. The van der Waals surface area contributed by atoms with Crippen LogP contribution in [0.1, 0.15) is 75.6 Å². The van der Waals surface area contributed by atoms with Crippen molar-refractivity contribution in [3.8, 4) is 68.6 Å². The summed E-state index contributed by atoms with van der Waals surface area (Å²) in [5, 5.41) is 0. The van der Waals surface area contributed by atoms with Gasteiger partial charge < -0.3 is 52.1 Å². The number of hydrogen-bond acceptors (Lipinski definition) is 14. The van der Waals surface area contributed by atoms with E-state index in [9.17, 15) is 4.79 Å². The molecule has 0 aliphatic heterocycles. The van der Waals surface area contributed by atoms with E-state index in [2.05, 4.69) is 0 Å². The fourth-order valence-electron chi connectivity index (χ4n) is 10.1. The lowest BCUT2D eigenvalue weighted by Gasteiger charge is -2.27. The molecule has 11 aromatic carbocycles. The first-order valence-electron chi connectivity index (χ1n) is 30.1. The minimum absolute atomic E-state index is 0.00155. The summed E-state index contributed by atoms with van der Waals surface area (Å²) in [6.07, 6.45) is 0.616.